The van der Waals surface area contributed by atoms with Crippen molar-refractivity contribution in [3.05, 3.63) is 52.9 Å². The van der Waals surface area contributed by atoms with Gasteiger partial charge in [-0.15, -0.1) is 38.0 Å². The number of rotatable bonds is 4. The molecule has 146 valence electrons. The molecule has 1 aliphatic heterocycles. The lowest BCUT2D eigenvalue weighted by atomic mass is 10.0. The zero-order chi connectivity index (χ0) is 17.2. The Bertz CT molecular complexity index is 674. The first kappa shape index (κ1) is 22.9. The summed E-state index contributed by atoms with van der Waals surface area (Å²) in [5.74, 6) is 0.411. The summed E-state index contributed by atoms with van der Waals surface area (Å²) in [5.41, 5.74) is 0.817. The van der Waals surface area contributed by atoms with Gasteiger partial charge in [0.2, 0.25) is 0 Å². The molecule has 1 aromatic carbocycles. The van der Waals surface area contributed by atoms with E-state index < -0.39 is 6.36 Å². The van der Waals surface area contributed by atoms with Crippen molar-refractivity contribution in [2.24, 2.45) is 0 Å². The molecule has 4 nitrogen and oxygen atoms in total. The van der Waals surface area contributed by atoms with Crippen molar-refractivity contribution in [3.63, 3.8) is 0 Å². The SMILES string of the molecule is Cl.Cl.FC(F)(F)Oc1ccc([C@@H](c2ccc(Cl)o2)N2CCNCC2)cc1. The van der Waals surface area contributed by atoms with Crippen LogP contribution >= 0.6 is 36.4 Å². The molecule has 1 N–H and O–H groups in total. The summed E-state index contributed by atoms with van der Waals surface area (Å²) in [5, 5.41) is 3.55. The maximum atomic E-state index is 12.3. The lowest BCUT2D eigenvalue weighted by Crippen LogP contribution is -2.45. The summed E-state index contributed by atoms with van der Waals surface area (Å²) in [6, 6.07) is 9.08. The van der Waals surface area contributed by atoms with E-state index in [1.54, 1.807) is 24.3 Å². The Labute approximate surface area is 166 Å². The fraction of sp³-hybridized carbons (Fsp3) is 0.375. The Balaban J connectivity index is 0.00000169. The smallest absolute Gasteiger partial charge is 0.448 e. The average molecular weight is 434 g/mol. The Kier molecular flexibility index (Phi) is 8.56. The third kappa shape index (κ3) is 5.96. The monoisotopic (exact) mass is 432 g/mol. The van der Waals surface area contributed by atoms with Crippen molar-refractivity contribution in [2.75, 3.05) is 26.2 Å². The third-order valence-corrected chi connectivity index (χ3v) is 4.01. The highest BCUT2D eigenvalue weighted by atomic mass is 35.5. The van der Waals surface area contributed by atoms with Crippen LogP contribution in [0.5, 0.6) is 5.75 Å². The number of hydrogen-bond acceptors (Lipinski definition) is 4. The van der Waals surface area contributed by atoms with E-state index in [-0.39, 0.29) is 41.8 Å². The summed E-state index contributed by atoms with van der Waals surface area (Å²) >= 11 is 5.89. The maximum absolute atomic E-state index is 12.3. The van der Waals surface area contributed by atoms with Crippen LogP contribution in [0.2, 0.25) is 5.22 Å². The second-order valence-corrected chi connectivity index (χ2v) is 5.82. The van der Waals surface area contributed by atoms with Crippen LogP contribution in [0.4, 0.5) is 13.2 Å². The van der Waals surface area contributed by atoms with Gasteiger partial charge in [-0.25, -0.2) is 0 Å². The second kappa shape index (κ2) is 9.71. The number of piperazine rings is 1. The molecule has 3 rings (SSSR count). The molecule has 2 heterocycles. The first-order chi connectivity index (χ1) is 11.4. The molecular weight excluding hydrogens is 416 g/mol. The number of hydrogen-bond donors (Lipinski definition) is 1. The number of furan rings is 1. The fourth-order valence-corrected chi connectivity index (χ4v) is 2.97. The normalized spacial score (nSPS) is 16.3. The third-order valence-electron chi connectivity index (χ3n) is 3.81. The van der Waals surface area contributed by atoms with Crippen LogP contribution in [0.3, 0.4) is 0 Å². The average Bonchev–Trinajstić information content (AvgIpc) is 2.95. The summed E-state index contributed by atoms with van der Waals surface area (Å²) < 4.78 is 46.4. The van der Waals surface area contributed by atoms with Crippen molar-refractivity contribution in [1.82, 2.24) is 10.2 Å². The van der Waals surface area contributed by atoms with E-state index in [1.807, 2.05) is 0 Å². The van der Waals surface area contributed by atoms with E-state index >= 15 is 0 Å². The van der Waals surface area contributed by atoms with Crippen LogP contribution in [-0.2, 0) is 0 Å². The topological polar surface area (TPSA) is 37.6 Å². The number of nitrogens with zero attached hydrogens (tertiary/aromatic N) is 1. The van der Waals surface area contributed by atoms with E-state index in [9.17, 15) is 13.2 Å². The van der Waals surface area contributed by atoms with E-state index in [2.05, 4.69) is 15.0 Å². The number of alkyl halides is 3. The molecular formula is C16H18Cl3F3N2O2. The Hall–Kier alpha value is -1.12. The van der Waals surface area contributed by atoms with Crippen LogP contribution in [-0.4, -0.2) is 37.4 Å². The van der Waals surface area contributed by atoms with Crippen molar-refractivity contribution < 1.29 is 22.3 Å². The Morgan fingerprint density at radius 3 is 2.15 bits per heavy atom. The van der Waals surface area contributed by atoms with Crippen LogP contribution in [0.25, 0.3) is 0 Å². The lowest BCUT2D eigenvalue weighted by molar-refractivity contribution is -0.274. The van der Waals surface area contributed by atoms with E-state index in [0.29, 0.717) is 5.76 Å². The number of ether oxygens (including phenoxy) is 1. The van der Waals surface area contributed by atoms with Gasteiger partial charge in [-0.3, -0.25) is 4.90 Å². The molecule has 2 aromatic rings. The van der Waals surface area contributed by atoms with Gasteiger partial charge in [-0.05, 0) is 41.4 Å². The Morgan fingerprint density at radius 2 is 1.65 bits per heavy atom. The molecule has 10 heteroatoms. The van der Waals surface area contributed by atoms with Gasteiger partial charge < -0.3 is 14.5 Å². The van der Waals surface area contributed by atoms with Gasteiger partial charge in [0, 0.05) is 26.2 Å². The highest BCUT2D eigenvalue weighted by molar-refractivity contribution is 6.28. The van der Waals surface area contributed by atoms with Gasteiger partial charge in [0.05, 0.1) is 6.04 Å². The quantitative estimate of drug-likeness (QED) is 0.760. The van der Waals surface area contributed by atoms with Gasteiger partial charge in [0.25, 0.3) is 0 Å². The van der Waals surface area contributed by atoms with Gasteiger partial charge in [0.1, 0.15) is 11.5 Å². The molecule has 1 atom stereocenters. The first-order valence-corrected chi connectivity index (χ1v) is 7.86. The molecule has 1 fully saturated rings. The minimum atomic E-state index is -4.70. The van der Waals surface area contributed by atoms with Crippen LogP contribution in [0.15, 0.2) is 40.8 Å². The Morgan fingerprint density at radius 1 is 1.04 bits per heavy atom. The highest BCUT2D eigenvalue weighted by Crippen LogP contribution is 2.33. The van der Waals surface area contributed by atoms with Crippen LogP contribution < -0.4 is 10.1 Å². The standard InChI is InChI=1S/C16H16ClF3N2O2.2ClH/c17-14-6-5-13(23-14)15(22-9-7-21-8-10-22)11-1-3-12(4-2-11)24-16(18,19)20;;/h1-6,15,21H,7-10H2;2*1H/t15-;;/m0../s1. The molecule has 0 spiro atoms. The van der Waals surface area contributed by atoms with E-state index in [0.717, 1.165) is 31.7 Å². The molecule has 0 amide bonds. The number of nitrogens with one attached hydrogen (secondary N) is 1. The maximum Gasteiger partial charge on any atom is 0.573 e. The van der Waals surface area contributed by atoms with Crippen molar-refractivity contribution >= 4 is 36.4 Å². The fourth-order valence-electron chi connectivity index (χ4n) is 2.82. The van der Waals surface area contributed by atoms with Crippen molar-refractivity contribution in [1.29, 1.82) is 0 Å². The van der Waals surface area contributed by atoms with Gasteiger partial charge in [-0.1, -0.05) is 12.1 Å². The molecule has 0 saturated carbocycles. The molecule has 26 heavy (non-hydrogen) atoms. The molecule has 0 unspecified atom stereocenters. The highest BCUT2D eigenvalue weighted by Gasteiger charge is 2.31. The summed E-state index contributed by atoms with van der Waals surface area (Å²) in [6.45, 7) is 3.26. The second-order valence-electron chi connectivity index (χ2n) is 5.45. The molecule has 1 saturated heterocycles. The summed E-state index contributed by atoms with van der Waals surface area (Å²) in [6.07, 6.45) is -4.70. The van der Waals surface area contributed by atoms with E-state index in [1.165, 1.54) is 12.1 Å². The zero-order valence-corrected chi connectivity index (χ0v) is 15.9. The summed E-state index contributed by atoms with van der Waals surface area (Å²) in [7, 11) is 0. The lowest BCUT2D eigenvalue weighted by Gasteiger charge is -2.34. The molecule has 1 aromatic heterocycles. The largest absolute Gasteiger partial charge is 0.573 e. The van der Waals surface area contributed by atoms with Crippen LogP contribution in [0.1, 0.15) is 17.4 Å². The molecule has 0 radical (unpaired) electrons. The first-order valence-electron chi connectivity index (χ1n) is 7.48. The number of halogens is 6. The molecule has 0 aliphatic carbocycles. The molecule has 1 aliphatic rings. The minimum absolute atomic E-state index is 0. The predicted octanol–water partition coefficient (Wildman–Crippen LogP) is 4.67. The molecule has 0 bridgehead atoms. The predicted molar refractivity (Wildman–Crippen MR) is 97.6 cm³/mol. The number of benzene rings is 1. The van der Waals surface area contributed by atoms with Gasteiger partial charge in [-0.2, -0.15) is 0 Å². The minimum Gasteiger partial charge on any atom is -0.448 e. The summed E-state index contributed by atoms with van der Waals surface area (Å²) in [4.78, 5) is 2.20. The van der Waals surface area contributed by atoms with Crippen molar-refractivity contribution in [3.8, 4) is 5.75 Å². The van der Waals surface area contributed by atoms with E-state index in [4.69, 9.17) is 16.0 Å². The van der Waals surface area contributed by atoms with Gasteiger partial charge >= 0.3 is 6.36 Å². The van der Waals surface area contributed by atoms with Crippen molar-refractivity contribution in [2.45, 2.75) is 12.4 Å². The van der Waals surface area contributed by atoms with Crippen LogP contribution in [0, 0.1) is 0 Å². The zero-order valence-electron chi connectivity index (χ0n) is 13.5. The van der Waals surface area contributed by atoms with Gasteiger partial charge in [0.15, 0.2) is 5.22 Å².